The minimum atomic E-state index is 0.0328. The van der Waals surface area contributed by atoms with Crippen LogP contribution < -0.4 is 11.1 Å². The van der Waals surface area contributed by atoms with Gasteiger partial charge >= 0.3 is 0 Å². The van der Waals surface area contributed by atoms with Gasteiger partial charge in [0.1, 0.15) is 0 Å². The third-order valence-corrected chi connectivity index (χ3v) is 3.41. The van der Waals surface area contributed by atoms with E-state index in [9.17, 15) is 0 Å². The highest BCUT2D eigenvalue weighted by molar-refractivity contribution is 6.31. The third-order valence-electron chi connectivity index (χ3n) is 3.19. The first-order valence-electron chi connectivity index (χ1n) is 6.53. The molecule has 3 aromatic rings. The van der Waals surface area contributed by atoms with E-state index >= 15 is 0 Å². The molecule has 0 aliphatic heterocycles. The van der Waals surface area contributed by atoms with E-state index in [0.717, 1.165) is 16.8 Å². The number of nitrogens with two attached hydrogens (primary N) is 1. The first kappa shape index (κ1) is 13.6. The molecule has 1 aromatic carbocycles. The largest absolute Gasteiger partial charge is 0.376 e. The van der Waals surface area contributed by atoms with Gasteiger partial charge in [0.05, 0.1) is 17.3 Å². The van der Waals surface area contributed by atoms with E-state index < -0.39 is 0 Å². The lowest BCUT2D eigenvalue weighted by Crippen LogP contribution is -2.09. The van der Waals surface area contributed by atoms with Crippen molar-refractivity contribution in [2.75, 3.05) is 11.1 Å². The molecule has 0 spiro atoms. The number of nitrogens with zero attached hydrogens (tertiary/aromatic N) is 3. The van der Waals surface area contributed by atoms with Crippen molar-refractivity contribution in [3.8, 4) is 0 Å². The molecule has 0 radical (unpaired) electrons. The molecule has 1 atom stereocenters. The zero-order chi connectivity index (χ0) is 14.8. The van der Waals surface area contributed by atoms with E-state index in [1.807, 2.05) is 31.2 Å². The van der Waals surface area contributed by atoms with Gasteiger partial charge < -0.3 is 11.1 Å². The Morgan fingerprint density at radius 2 is 2.10 bits per heavy atom. The molecule has 2 aromatic heterocycles. The summed E-state index contributed by atoms with van der Waals surface area (Å²) in [4.78, 5) is 12.6. The Labute approximate surface area is 127 Å². The van der Waals surface area contributed by atoms with Crippen LogP contribution in [0.15, 0.2) is 42.7 Å². The quantitative estimate of drug-likeness (QED) is 0.775. The van der Waals surface area contributed by atoms with Crippen molar-refractivity contribution in [3.05, 3.63) is 53.4 Å². The second-order valence-electron chi connectivity index (χ2n) is 4.73. The van der Waals surface area contributed by atoms with Crippen molar-refractivity contribution < 1.29 is 0 Å². The van der Waals surface area contributed by atoms with Crippen molar-refractivity contribution >= 4 is 34.1 Å². The van der Waals surface area contributed by atoms with Crippen LogP contribution in [0.4, 0.5) is 11.6 Å². The predicted molar refractivity (Wildman–Crippen MR) is 85.2 cm³/mol. The molecule has 0 aliphatic rings. The van der Waals surface area contributed by atoms with Gasteiger partial charge in [-0.05, 0) is 31.2 Å². The fourth-order valence-corrected chi connectivity index (χ4v) is 2.39. The van der Waals surface area contributed by atoms with Crippen LogP contribution in [0.1, 0.15) is 18.7 Å². The molecule has 0 saturated carbocycles. The number of rotatable bonds is 3. The van der Waals surface area contributed by atoms with E-state index in [-0.39, 0.29) is 12.0 Å². The maximum absolute atomic E-state index is 6.15. The topological polar surface area (TPSA) is 76.7 Å². The Morgan fingerprint density at radius 3 is 2.86 bits per heavy atom. The Morgan fingerprint density at radius 1 is 1.24 bits per heavy atom. The highest BCUT2D eigenvalue weighted by atomic mass is 35.5. The third kappa shape index (κ3) is 2.87. The van der Waals surface area contributed by atoms with Gasteiger partial charge in [0.2, 0.25) is 5.95 Å². The summed E-state index contributed by atoms with van der Waals surface area (Å²) < 4.78 is 0. The number of halogens is 1. The first-order chi connectivity index (χ1) is 10.1. The summed E-state index contributed by atoms with van der Waals surface area (Å²) in [5.74, 6) is 0.230. The number of hydrogen-bond acceptors (Lipinski definition) is 5. The lowest BCUT2D eigenvalue weighted by molar-refractivity contribution is 0.841. The Kier molecular flexibility index (Phi) is 3.58. The predicted octanol–water partition coefficient (Wildman–Crippen LogP) is 3.43. The average Bonchev–Trinajstić information content (AvgIpc) is 2.47. The molecule has 0 fully saturated rings. The molecule has 0 unspecified atom stereocenters. The van der Waals surface area contributed by atoms with Gasteiger partial charge in [-0.3, -0.25) is 4.98 Å². The van der Waals surface area contributed by atoms with Gasteiger partial charge in [-0.2, -0.15) is 0 Å². The van der Waals surface area contributed by atoms with Gasteiger partial charge in [0.25, 0.3) is 0 Å². The van der Waals surface area contributed by atoms with Crippen molar-refractivity contribution in [2.24, 2.45) is 0 Å². The van der Waals surface area contributed by atoms with Crippen LogP contribution in [0.2, 0.25) is 5.02 Å². The fraction of sp³-hybridized carbons (Fsp3) is 0.133. The van der Waals surface area contributed by atoms with E-state index in [0.29, 0.717) is 10.5 Å². The molecule has 0 aliphatic carbocycles. The smallest absolute Gasteiger partial charge is 0.220 e. The molecule has 3 rings (SSSR count). The van der Waals surface area contributed by atoms with E-state index in [1.165, 1.54) is 0 Å². The highest BCUT2D eigenvalue weighted by Crippen LogP contribution is 2.29. The summed E-state index contributed by atoms with van der Waals surface area (Å²) in [5, 5.41) is 4.86. The molecule has 0 bridgehead atoms. The number of fused-ring (bicyclic) bond motifs is 1. The molecule has 0 saturated heterocycles. The van der Waals surface area contributed by atoms with Crippen LogP contribution in [0, 0.1) is 0 Å². The number of nitrogen functional groups attached to an aromatic ring is 1. The number of aromatic nitrogens is 3. The second-order valence-corrected chi connectivity index (χ2v) is 5.17. The molecular formula is C15H14ClN5. The zero-order valence-corrected chi connectivity index (χ0v) is 12.2. The molecular weight excluding hydrogens is 286 g/mol. The number of hydrogen-bond donors (Lipinski definition) is 2. The summed E-state index contributed by atoms with van der Waals surface area (Å²) in [6.07, 6.45) is 3.47. The van der Waals surface area contributed by atoms with E-state index in [4.69, 9.17) is 17.3 Å². The van der Waals surface area contributed by atoms with Gasteiger partial charge in [0, 0.05) is 28.5 Å². The molecule has 21 heavy (non-hydrogen) atoms. The van der Waals surface area contributed by atoms with E-state index in [2.05, 4.69) is 20.3 Å². The monoisotopic (exact) mass is 299 g/mol. The van der Waals surface area contributed by atoms with Crippen LogP contribution >= 0.6 is 11.6 Å². The normalized spacial score (nSPS) is 12.3. The lowest BCUT2D eigenvalue weighted by Gasteiger charge is -2.16. The molecule has 6 heteroatoms. The molecule has 5 nitrogen and oxygen atoms in total. The summed E-state index contributed by atoms with van der Waals surface area (Å²) in [6, 6.07) is 9.47. The van der Waals surface area contributed by atoms with Gasteiger partial charge in [-0.25, -0.2) is 9.97 Å². The standard InChI is InChI=1S/C15H14ClN5/c1-9(12-4-2-3-5-18-12)20-13-6-10(16)7-14-11(13)8-19-15(17)21-14/h2-9,20H,1H3,(H2,17,19,21)/t9-/m1/s1. The van der Waals surface area contributed by atoms with Gasteiger partial charge in [0.15, 0.2) is 0 Å². The summed E-state index contributed by atoms with van der Waals surface area (Å²) in [6.45, 7) is 2.03. The average molecular weight is 300 g/mol. The van der Waals surface area contributed by atoms with Crippen LogP contribution in [0.25, 0.3) is 10.9 Å². The van der Waals surface area contributed by atoms with Crippen LogP contribution in [-0.2, 0) is 0 Å². The Hall–Kier alpha value is -2.40. The number of benzene rings is 1. The van der Waals surface area contributed by atoms with E-state index in [1.54, 1.807) is 18.5 Å². The maximum atomic E-state index is 6.15. The van der Waals surface area contributed by atoms with Crippen molar-refractivity contribution in [3.63, 3.8) is 0 Å². The fourth-order valence-electron chi connectivity index (χ4n) is 2.17. The molecule has 2 heterocycles. The summed E-state index contributed by atoms with van der Waals surface area (Å²) >= 11 is 6.15. The summed E-state index contributed by atoms with van der Waals surface area (Å²) in [7, 11) is 0. The first-order valence-corrected chi connectivity index (χ1v) is 6.90. The van der Waals surface area contributed by atoms with Crippen LogP contribution in [0.3, 0.4) is 0 Å². The SMILES string of the molecule is C[C@@H](Nc1cc(Cl)cc2nc(N)ncc12)c1ccccn1. The number of pyridine rings is 1. The summed E-state index contributed by atoms with van der Waals surface area (Å²) in [5.41, 5.74) is 8.14. The molecule has 3 N–H and O–H groups in total. The van der Waals surface area contributed by atoms with Crippen molar-refractivity contribution in [1.82, 2.24) is 15.0 Å². The van der Waals surface area contributed by atoms with Gasteiger partial charge in [-0.1, -0.05) is 17.7 Å². The highest BCUT2D eigenvalue weighted by Gasteiger charge is 2.11. The second kappa shape index (κ2) is 5.54. The lowest BCUT2D eigenvalue weighted by atomic mass is 10.1. The zero-order valence-electron chi connectivity index (χ0n) is 11.4. The Balaban J connectivity index is 2.00. The number of nitrogens with one attached hydrogen (secondary N) is 1. The van der Waals surface area contributed by atoms with Crippen LogP contribution in [-0.4, -0.2) is 15.0 Å². The van der Waals surface area contributed by atoms with Crippen molar-refractivity contribution in [2.45, 2.75) is 13.0 Å². The van der Waals surface area contributed by atoms with Gasteiger partial charge in [-0.15, -0.1) is 0 Å². The number of anilines is 2. The van der Waals surface area contributed by atoms with Crippen LogP contribution in [0.5, 0.6) is 0 Å². The maximum Gasteiger partial charge on any atom is 0.220 e. The molecule has 106 valence electrons. The minimum absolute atomic E-state index is 0.0328. The van der Waals surface area contributed by atoms with Crippen molar-refractivity contribution in [1.29, 1.82) is 0 Å². The minimum Gasteiger partial charge on any atom is -0.376 e. The Bertz CT molecular complexity index is 770. The molecule has 0 amide bonds.